The van der Waals surface area contributed by atoms with Gasteiger partial charge in [-0.2, -0.15) is 4.98 Å². The molecule has 4 aromatic rings. The van der Waals surface area contributed by atoms with Crippen molar-refractivity contribution in [1.82, 2.24) is 15.0 Å². The zero-order valence-corrected chi connectivity index (χ0v) is 13.3. The van der Waals surface area contributed by atoms with Gasteiger partial charge in [-0.25, -0.2) is 4.79 Å². The summed E-state index contributed by atoms with van der Waals surface area (Å²) in [6.45, 7) is 2.02. The van der Waals surface area contributed by atoms with E-state index in [0.29, 0.717) is 17.1 Å². The maximum absolute atomic E-state index is 11.8. The first-order valence-electron chi connectivity index (χ1n) is 7.57. The standard InChI is InChI=1S/C18H16N4O2/c1-10-7-11-8-12(3-5-15(11)19-10)20-17-14-9-13(24-2)4-6-16(14)21-18(23)22-17/h3-9,19H,1-2H3,(H2,20,21,22,23). The minimum Gasteiger partial charge on any atom is -0.497 e. The van der Waals surface area contributed by atoms with Gasteiger partial charge in [-0.05, 0) is 49.4 Å². The molecule has 0 spiro atoms. The summed E-state index contributed by atoms with van der Waals surface area (Å²) in [7, 11) is 1.61. The molecular formula is C18H16N4O2. The van der Waals surface area contributed by atoms with Crippen LogP contribution in [0.2, 0.25) is 0 Å². The number of rotatable bonds is 3. The molecule has 0 aliphatic carbocycles. The van der Waals surface area contributed by atoms with E-state index in [1.165, 1.54) is 0 Å². The maximum Gasteiger partial charge on any atom is 0.347 e. The van der Waals surface area contributed by atoms with E-state index in [1.807, 2.05) is 31.2 Å². The minimum atomic E-state index is -0.395. The third-order valence-electron chi connectivity index (χ3n) is 3.95. The van der Waals surface area contributed by atoms with Crippen molar-refractivity contribution in [2.75, 3.05) is 12.4 Å². The van der Waals surface area contributed by atoms with Crippen LogP contribution in [0.4, 0.5) is 11.5 Å². The lowest BCUT2D eigenvalue weighted by atomic mass is 10.2. The van der Waals surface area contributed by atoms with Gasteiger partial charge in [-0.3, -0.25) is 0 Å². The van der Waals surface area contributed by atoms with Crippen molar-refractivity contribution in [2.24, 2.45) is 0 Å². The fourth-order valence-electron chi connectivity index (χ4n) is 2.85. The molecule has 0 atom stereocenters. The fraction of sp³-hybridized carbons (Fsp3) is 0.111. The highest BCUT2D eigenvalue weighted by Crippen LogP contribution is 2.27. The van der Waals surface area contributed by atoms with Gasteiger partial charge in [0.1, 0.15) is 11.6 Å². The quantitative estimate of drug-likeness (QED) is 0.540. The van der Waals surface area contributed by atoms with Crippen LogP contribution in [0.25, 0.3) is 21.8 Å². The largest absolute Gasteiger partial charge is 0.497 e. The smallest absolute Gasteiger partial charge is 0.347 e. The number of aromatic amines is 2. The Kier molecular flexibility index (Phi) is 3.23. The summed E-state index contributed by atoms with van der Waals surface area (Å²) in [5.41, 5.74) is 3.35. The Morgan fingerprint density at radius 1 is 1.04 bits per heavy atom. The van der Waals surface area contributed by atoms with Gasteiger partial charge in [-0.15, -0.1) is 0 Å². The third kappa shape index (κ3) is 2.48. The summed E-state index contributed by atoms with van der Waals surface area (Å²) in [6, 6.07) is 13.5. The van der Waals surface area contributed by atoms with E-state index in [0.717, 1.165) is 27.7 Å². The highest BCUT2D eigenvalue weighted by molar-refractivity contribution is 5.93. The van der Waals surface area contributed by atoms with Crippen molar-refractivity contribution >= 4 is 33.3 Å². The Labute approximate surface area is 137 Å². The molecule has 0 aliphatic heterocycles. The van der Waals surface area contributed by atoms with Crippen LogP contribution >= 0.6 is 0 Å². The molecule has 0 saturated carbocycles. The van der Waals surface area contributed by atoms with Crippen LogP contribution < -0.4 is 15.7 Å². The van der Waals surface area contributed by atoms with Crippen molar-refractivity contribution in [3.05, 3.63) is 58.6 Å². The lowest BCUT2D eigenvalue weighted by molar-refractivity contribution is 0.415. The lowest BCUT2D eigenvalue weighted by Crippen LogP contribution is -2.12. The number of H-pyrrole nitrogens is 2. The number of hydrogen-bond acceptors (Lipinski definition) is 4. The minimum absolute atomic E-state index is 0.395. The molecule has 120 valence electrons. The molecule has 2 aromatic carbocycles. The Balaban J connectivity index is 1.83. The Morgan fingerprint density at radius 2 is 1.88 bits per heavy atom. The summed E-state index contributed by atoms with van der Waals surface area (Å²) in [6.07, 6.45) is 0. The number of fused-ring (bicyclic) bond motifs is 2. The molecule has 0 aliphatic rings. The number of anilines is 2. The van der Waals surface area contributed by atoms with Crippen molar-refractivity contribution in [3.63, 3.8) is 0 Å². The summed E-state index contributed by atoms with van der Waals surface area (Å²) in [5, 5.41) is 5.13. The van der Waals surface area contributed by atoms with Gasteiger partial charge in [0.05, 0.1) is 12.6 Å². The molecule has 2 aromatic heterocycles. The first-order valence-corrected chi connectivity index (χ1v) is 7.57. The second-order valence-electron chi connectivity index (χ2n) is 5.68. The van der Waals surface area contributed by atoms with Crippen LogP contribution in [0, 0.1) is 6.92 Å². The number of benzene rings is 2. The Hall–Kier alpha value is -3.28. The number of methoxy groups -OCH3 is 1. The SMILES string of the molecule is COc1ccc2[nH]c(=O)nc(Nc3ccc4[nH]c(C)cc4c3)c2c1. The first-order chi connectivity index (χ1) is 11.6. The molecule has 2 heterocycles. The number of hydrogen-bond donors (Lipinski definition) is 3. The molecule has 0 radical (unpaired) electrons. The van der Waals surface area contributed by atoms with Crippen LogP contribution in [-0.2, 0) is 0 Å². The predicted octanol–water partition coefficient (Wildman–Crippen LogP) is 3.47. The Bertz CT molecular complexity index is 1110. The molecule has 0 saturated heterocycles. The van der Waals surface area contributed by atoms with Crippen molar-refractivity contribution < 1.29 is 4.74 Å². The van der Waals surface area contributed by atoms with Crippen LogP contribution in [0.1, 0.15) is 5.69 Å². The maximum atomic E-state index is 11.8. The van der Waals surface area contributed by atoms with Gasteiger partial charge in [0.25, 0.3) is 0 Å². The molecular weight excluding hydrogens is 304 g/mol. The average molecular weight is 320 g/mol. The van der Waals surface area contributed by atoms with Gasteiger partial charge in [0, 0.05) is 27.7 Å². The van der Waals surface area contributed by atoms with Gasteiger partial charge >= 0.3 is 5.69 Å². The topological polar surface area (TPSA) is 82.8 Å². The van der Waals surface area contributed by atoms with E-state index in [9.17, 15) is 4.79 Å². The average Bonchev–Trinajstić information content (AvgIpc) is 2.93. The van der Waals surface area contributed by atoms with Crippen LogP contribution in [-0.4, -0.2) is 22.1 Å². The Morgan fingerprint density at radius 3 is 2.71 bits per heavy atom. The molecule has 3 N–H and O–H groups in total. The molecule has 6 heteroatoms. The normalized spacial score (nSPS) is 11.1. The molecule has 4 rings (SSSR count). The monoisotopic (exact) mass is 320 g/mol. The third-order valence-corrected chi connectivity index (χ3v) is 3.95. The van der Waals surface area contributed by atoms with E-state index >= 15 is 0 Å². The zero-order chi connectivity index (χ0) is 16.7. The summed E-state index contributed by atoms with van der Waals surface area (Å²) >= 11 is 0. The fourth-order valence-corrected chi connectivity index (χ4v) is 2.85. The van der Waals surface area contributed by atoms with E-state index < -0.39 is 5.69 Å². The predicted molar refractivity (Wildman–Crippen MR) is 95.2 cm³/mol. The van der Waals surface area contributed by atoms with E-state index in [4.69, 9.17) is 4.74 Å². The lowest BCUT2D eigenvalue weighted by Gasteiger charge is -2.09. The number of nitrogens with one attached hydrogen (secondary N) is 3. The van der Waals surface area contributed by atoms with Crippen molar-refractivity contribution in [1.29, 1.82) is 0 Å². The van der Waals surface area contributed by atoms with Crippen LogP contribution in [0.5, 0.6) is 5.75 Å². The summed E-state index contributed by atoms with van der Waals surface area (Å²) < 4.78 is 5.27. The summed E-state index contributed by atoms with van der Waals surface area (Å²) in [4.78, 5) is 21.9. The van der Waals surface area contributed by atoms with Crippen LogP contribution in [0.15, 0.2) is 47.3 Å². The highest BCUT2D eigenvalue weighted by Gasteiger charge is 2.08. The first kappa shape index (κ1) is 14.3. The molecule has 0 unspecified atom stereocenters. The number of aromatic nitrogens is 3. The van der Waals surface area contributed by atoms with Crippen molar-refractivity contribution in [2.45, 2.75) is 6.92 Å². The molecule has 0 amide bonds. The van der Waals surface area contributed by atoms with Crippen LogP contribution in [0.3, 0.4) is 0 Å². The van der Waals surface area contributed by atoms with Gasteiger partial charge < -0.3 is 20.0 Å². The van der Waals surface area contributed by atoms with Gasteiger partial charge in [0.15, 0.2) is 0 Å². The molecule has 6 nitrogen and oxygen atoms in total. The zero-order valence-electron chi connectivity index (χ0n) is 13.3. The van der Waals surface area contributed by atoms with Gasteiger partial charge in [0.2, 0.25) is 0 Å². The van der Waals surface area contributed by atoms with E-state index in [-0.39, 0.29) is 0 Å². The molecule has 0 bridgehead atoms. The van der Waals surface area contributed by atoms with E-state index in [2.05, 4.69) is 26.3 Å². The number of aryl methyl sites for hydroxylation is 1. The molecule has 0 fully saturated rings. The van der Waals surface area contributed by atoms with Gasteiger partial charge in [-0.1, -0.05) is 0 Å². The second kappa shape index (κ2) is 5.42. The second-order valence-corrected chi connectivity index (χ2v) is 5.68. The molecule has 24 heavy (non-hydrogen) atoms. The highest BCUT2D eigenvalue weighted by atomic mass is 16.5. The summed E-state index contributed by atoms with van der Waals surface area (Å²) in [5.74, 6) is 1.20. The van der Waals surface area contributed by atoms with Crippen molar-refractivity contribution in [3.8, 4) is 5.75 Å². The number of ether oxygens (including phenoxy) is 1. The number of nitrogens with zero attached hydrogens (tertiary/aromatic N) is 1. The van der Waals surface area contributed by atoms with E-state index in [1.54, 1.807) is 19.2 Å².